The van der Waals surface area contributed by atoms with Crippen molar-refractivity contribution >= 4 is 25.5 Å². The first-order valence-corrected chi connectivity index (χ1v) is 14.0. The lowest BCUT2D eigenvalue weighted by molar-refractivity contribution is -0.141. The van der Waals surface area contributed by atoms with Gasteiger partial charge in [0.05, 0.1) is 7.11 Å². The van der Waals surface area contributed by atoms with E-state index in [-0.39, 0.29) is 11.9 Å². The summed E-state index contributed by atoms with van der Waals surface area (Å²) in [4.78, 5) is 33.7. The minimum atomic E-state index is -0.567. The van der Waals surface area contributed by atoms with Gasteiger partial charge in [0.15, 0.2) is 13.7 Å². The first-order chi connectivity index (χ1) is 16.6. The van der Waals surface area contributed by atoms with Crippen LogP contribution in [0.15, 0.2) is 0 Å². The van der Waals surface area contributed by atoms with Crippen molar-refractivity contribution in [1.29, 1.82) is 0 Å². The summed E-state index contributed by atoms with van der Waals surface area (Å²) in [5.41, 5.74) is 0. The number of hydrogen-bond acceptors (Lipinski definition) is 4. The number of carbonyl (C=O) groups excluding carboxylic acids is 3. The molecule has 0 saturated heterocycles. The molecule has 0 aliphatic carbocycles. The third kappa shape index (κ3) is 22.7. The highest BCUT2D eigenvalue weighted by Crippen LogP contribution is 2.23. The second-order valence-corrected chi connectivity index (χ2v) is 10.9. The molecule has 4 unspecified atom stereocenters. The summed E-state index contributed by atoms with van der Waals surface area (Å²) in [5, 5.41) is 5.27. The van der Waals surface area contributed by atoms with Gasteiger partial charge in [0, 0.05) is 25.9 Å². The molecule has 35 heavy (non-hydrogen) atoms. The number of nitrogens with one attached hydrogen (secondary N) is 2. The smallest absolute Gasteiger partial charge is 0.305 e. The third-order valence-electron chi connectivity index (χ3n) is 7.11. The fourth-order valence-electron chi connectivity index (χ4n) is 4.51. The summed E-state index contributed by atoms with van der Waals surface area (Å²) >= 11 is 0. The van der Waals surface area contributed by atoms with Crippen LogP contribution in [0.5, 0.6) is 0 Å². The molecular formula is C28H53BN2O4. The lowest BCUT2D eigenvalue weighted by Crippen LogP contribution is -2.34. The molecule has 0 spiro atoms. The van der Waals surface area contributed by atoms with Gasteiger partial charge >= 0.3 is 5.97 Å². The molecule has 4 atom stereocenters. The number of unbranched alkanes of at least 4 members (excludes halogenated alkanes) is 1. The lowest BCUT2D eigenvalue weighted by atomic mass is 9.90. The summed E-state index contributed by atoms with van der Waals surface area (Å²) in [6.45, 7) is 10.0. The highest BCUT2D eigenvalue weighted by atomic mass is 16.5. The molecule has 0 aliphatic rings. The van der Waals surface area contributed by atoms with Gasteiger partial charge in [-0.1, -0.05) is 91.9 Å². The largest absolute Gasteiger partial charge is 0.469 e. The Morgan fingerprint density at radius 1 is 0.629 bits per heavy atom. The molecule has 0 bridgehead atoms. The van der Waals surface area contributed by atoms with Crippen LogP contribution in [0.4, 0.5) is 4.79 Å². The van der Waals surface area contributed by atoms with Crippen molar-refractivity contribution in [2.24, 2.45) is 23.7 Å². The average molecular weight is 493 g/mol. The monoisotopic (exact) mass is 492 g/mol. The summed E-state index contributed by atoms with van der Waals surface area (Å²) in [5.74, 6) is 2.09. The Labute approximate surface area is 216 Å². The van der Waals surface area contributed by atoms with Crippen LogP contribution in [0.2, 0.25) is 0 Å². The van der Waals surface area contributed by atoms with Crippen molar-refractivity contribution in [3.63, 3.8) is 0 Å². The van der Waals surface area contributed by atoms with Gasteiger partial charge in [-0.2, -0.15) is 0 Å². The predicted molar refractivity (Wildman–Crippen MR) is 145 cm³/mol. The van der Waals surface area contributed by atoms with Crippen LogP contribution in [0, 0.1) is 23.7 Å². The van der Waals surface area contributed by atoms with E-state index in [9.17, 15) is 14.4 Å². The van der Waals surface area contributed by atoms with Crippen LogP contribution in [-0.4, -0.2) is 45.7 Å². The van der Waals surface area contributed by atoms with Crippen molar-refractivity contribution in [2.75, 3.05) is 20.2 Å². The molecule has 7 heteroatoms. The van der Waals surface area contributed by atoms with E-state index in [2.05, 4.69) is 38.3 Å². The fraction of sp³-hybridized carbons (Fsp3) is 0.893. The Hall–Kier alpha value is -1.53. The number of rotatable bonds is 22. The second-order valence-electron chi connectivity index (χ2n) is 10.9. The molecule has 0 saturated carbocycles. The zero-order valence-corrected chi connectivity index (χ0v) is 23.3. The molecule has 202 valence electrons. The molecule has 2 amide bonds. The zero-order chi connectivity index (χ0) is 26.5. The van der Waals surface area contributed by atoms with Gasteiger partial charge in [-0.3, -0.25) is 14.4 Å². The van der Waals surface area contributed by atoms with Gasteiger partial charge in [0.1, 0.15) is 0 Å². The van der Waals surface area contributed by atoms with E-state index in [1.807, 2.05) is 0 Å². The molecule has 2 radical (unpaired) electrons. The van der Waals surface area contributed by atoms with Gasteiger partial charge in [0.2, 0.25) is 5.91 Å². The van der Waals surface area contributed by atoms with E-state index in [0.29, 0.717) is 37.8 Å². The van der Waals surface area contributed by atoms with Gasteiger partial charge in [0.25, 0.3) is 0 Å². The van der Waals surface area contributed by atoms with Crippen molar-refractivity contribution in [2.45, 2.75) is 118 Å². The predicted octanol–water partition coefficient (Wildman–Crippen LogP) is 6.16. The maximum atomic E-state index is 11.8. The summed E-state index contributed by atoms with van der Waals surface area (Å²) in [6.07, 6.45) is 15.6. The van der Waals surface area contributed by atoms with Gasteiger partial charge in [-0.15, -0.1) is 0 Å². The van der Waals surface area contributed by atoms with Crippen LogP contribution in [-0.2, 0) is 14.3 Å². The van der Waals surface area contributed by atoms with Crippen molar-refractivity contribution in [3.05, 3.63) is 0 Å². The van der Waals surface area contributed by atoms with E-state index >= 15 is 0 Å². The SMILES string of the molecule is [B]C(=O)NCCNC(=O)CCC(C)CCCC(C)CCCCC(C)CCCC(C)CCC(=O)OC. The Kier molecular flexibility index (Phi) is 20.8. The van der Waals surface area contributed by atoms with E-state index in [4.69, 9.17) is 12.6 Å². The van der Waals surface area contributed by atoms with E-state index in [0.717, 1.165) is 24.7 Å². The number of methoxy groups -OCH3 is 1. The number of hydrogen-bond donors (Lipinski definition) is 2. The standard InChI is InChI=1S/C28H53BN2O4/c1-22(12-8-14-24(3)16-18-26(32)30-20-21-31-28(29)34)10-6-7-11-23(2)13-9-15-25(4)17-19-27(33)35-5/h22-25H,6-21H2,1-5H3,(H,30,32)(H,31,34). The normalized spacial score (nSPS) is 14.5. The molecule has 0 rings (SSSR count). The molecule has 0 aromatic rings. The van der Waals surface area contributed by atoms with Crippen LogP contribution in [0.25, 0.3) is 0 Å². The lowest BCUT2D eigenvalue weighted by Gasteiger charge is -2.16. The minimum Gasteiger partial charge on any atom is -0.469 e. The van der Waals surface area contributed by atoms with Gasteiger partial charge in [-0.05, 0) is 36.5 Å². The van der Waals surface area contributed by atoms with Crippen LogP contribution in [0.1, 0.15) is 118 Å². The van der Waals surface area contributed by atoms with Crippen molar-refractivity contribution in [1.82, 2.24) is 10.6 Å². The van der Waals surface area contributed by atoms with Crippen molar-refractivity contribution in [3.8, 4) is 0 Å². The molecule has 0 aromatic heterocycles. The molecule has 0 fully saturated rings. The summed E-state index contributed by atoms with van der Waals surface area (Å²) in [7, 11) is 6.45. The highest BCUT2D eigenvalue weighted by Gasteiger charge is 2.10. The van der Waals surface area contributed by atoms with Crippen molar-refractivity contribution < 1.29 is 19.1 Å². The zero-order valence-electron chi connectivity index (χ0n) is 23.3. The highest BCUT2D eigenvalue weighted by molar-refractivity contribution is 6.57. The molecule has 6 nitrogen and oxygen atoms in total. The van der Waals surface area contributed by atoms with E-state index < -0.39 is 5.81 Å². The average Bonchev–Trinajstić information content (AvgIpc) is 2.81. The summed E-state index contributed by atoms with van der Waals surface area (Å²) < 4.78 is 4.72. The number of amides is 2. The Bertz CT molecular complexity index is 573. The van der Waals surface area contributed by atoms with Gasteiger partial charge in [-0.25, -0.2) is 0 Å². The maximum Gasteiger partial charge on any atom is 0.305 e. The topological polar surface area (TPSA) is 84.5 Å². The van der Waals surface area contributed by atoms with Crippen LogP contribution >= 0.6 is 0 Å². The first-order valence-electron chi connectivity index (χ1n) is 14.0. The van der Waals surface area contributed by atoms with Crippen LogP contribution < -0.4 is 10.6 Å². The van der Waals surface area contributed by atoms with E-state index in [1.54, 1.807) is 0 Å². The maximum absolute atomic E-state index is 11.8. The number of esters is 1. The summed E-state index contributed by atoms with van der Waals surface area (Å²) in [6, 6.07) is 0. The number of carbonyl (C=O) groups is 3. The Morgan fingerprint density at radius 2 is 1.03 bits per heavy atom. The minimum absolute atomic E-state index is 0.0405. The molecule has 2 N–H and O–H groups in total. The molecule has 0 heterocycles. The molecular weight excluding hydrogens is 439 g/mol. The van der Waals surface area contributed by atoms with Crippen LogP contribution in [0.3, 0.4) is 0 Å². The Morgan fingerprint density at radius 3 is 1.49 bits per heavy atom. The quantitative estimate of drug-likeness (QED) is 0.108. The van der Waals surface area contributed by atoms with Gasteiger partial charge < -0.3 is 15.4 Å². The first kappa shape index (κ1) is 33.5. The molecule has 0 aliphatic heterocycles. The fourth-order valence-corrected chi connectivity index (χ4v) is 4.51. The third-order valence-corrected chi connectivity index (χ3v) is 7.11. The Balaban J connectivity index is 3.64. The number of ether oxygens (including phenoxy) is 1. The second kappa shape index (κ2) is 21.7. The van der Waals surface area contributed by atoms with E-state index in [1.165, 1.54) is 71.3 Å². The molecule has 0 aromatic carbocycles.